The minimum atomic E-state index is -0.202. The number of benzene rings is 1. The lowest BCUT2D eigenvalue weighted by atomic mass is 10.2. The number of aryl methyl sites for hydroxylation is 2. The Balaban J connectivity index is 1.99. The molecule has 130 valence electrons. The van der Waals surface area contributed by atoms with Gasteiger partial charge >= 0.3 is 0 Å². The molecule has 0 aliphatic heterocycles. The first-order valence-electron chi connectivity index (χ1n) is 7.88. The number of fused-ring (bicyclic) bond motifs is 1. The molecular formula is C18H19N3O3S. The molecule has 2 aromatic heterocycles. The fraction of sp³-hybridized carbons (Fsp3) is 0.278. The van der Waals surface area contributed by atoms with Gasteiger partial charge in [-0.05, 0) is 44.0 Å². The summed E-state index contributed by atoms with van der Waals surface area (Å²) in [6, 6.07) is 5.65. The van der Waals surface area contributed by atoms with E-state index < -0.39 is 0 Å². The monoisotopic (exact) mass is 357 g/mol. The number of nitrogens with one attached hydrogen (secondary N) is 1. The summed E-state index contributed by atoms with van der Waals surface area (Å²) in [7, 11) is 1.58. The fourth-order valence-corrected chi connectivity index (χ4v) is 3.64. The van der Waals surface area contributed by atoms with E-state index in [9.17, 15) is 4.79 Å². The van der Waals surface area contributed by atoms with Gasteiger partial charge < -0.3 is 14.8 Å². The van der Waals surface area contributed by atoms with Crippen molar-refractivity contribution < 1.29 is 14.3 Å². The SMILES string of the molecule is CCOc1ncnc2sc(C(=O)Nc3cc(C)ccc3OC)c(C)c12. The molecule has 0 aliphatic rings. The topological polar surface area (TPSA) is 73.3 Å². The fourth-order valence-electron chi connectivity index (χ4n) is 2.60. The first-order chi connectivity index (χ1) is 12.0. The molecule has 1 N–H and O–H groups in total. The molecule has 3 aromatic rings. The Bertz CT molecular complexity index is 937. The number of anilines is 1. The molecule has 1 aromatic carbocycles. The average molecular weight is 357 g/mol. The normalized spacial score (nSPS) is 10.7. The first-order valence-corrected chi connectivity index (χ1v) is 8.69. The van der Waals surface area contributed by atoms with Gasteiger partial charge in [-0.25, -0.2) is 9.97 Å². The second-order valence-electron chi connectivity index (χ2n) is 5.51. The number of nitrogens with zero attached hydrogens (tertiary/aromatic N) is 2. The highest BCUT2D eigenvalue weighted by Crippen LogP contribution is 2.35. The van der Waals surface area contributed by atoms with Gasteiger partial charge in [0.25, 0.3) is 5.91 Å². The summed E-state index contributed by atoms with van der Waals surface area (Å²) in [5.41, 5.74) is 2.49. The molecule has 0 radical (unpaired) electrons. The van der Waals surface area contributed by atoms with Gasteiger partial charge in [0.2, 0.25) is 5.88 Å². The van der Waals surface area contributed by atoms with E-state index in [2.05, 4.69) is 15.3 Å². The summed E-state index contributed by atoms with van der Waals surface area (Å²) in [5, 5.41) is 3.72. The summed E-state index contributed by atoms with van der Waals surface area (Å²) in [6.45, 7) is 6.24. The maximum atomic E-state index is 12.8. The highest BCUT2D eigenvalue weighted by Gasteiger charge is 2.21. The number of thiophene rings is 1. The number of amides is 1. The van der Waals surface area contributed by atoms with E-state index in [-0.39, 0.29) is 5.91 Å². The molecule has 0 saturated heterocycles. The Kier molecular flexibility index (Phi) is 4.85. The number of carbonyl (C=O) groups is 1. The Morgan fingerprint density at radius 2 is 2.08 bits per heavy atom. The maximum absolute atomic E-state index is 12.8. The molecule has 1 amide bonds. The zero-order chi connectivity index (χ0) is 18.0. The Hall–Kier alpha value is -2.67. The van der Waals surface area contributed by atoms with Crippen LogP contribution in [0.4, 0.5) is 5.69 Å². The molecule has 25 heavy (non-hydrogen) atoms. The van der Waals surface area contributed by atoms with Gasteiger partial charge in [0, 0.05) is 0 Å². The van der Waals surface area contributed by atoms with E-state index in [1.807, 2.05) is 39.0 Å². The molecule has 3 rings (SSSR count). The van der Waals surface area contributed by atoms with Crippen LogP contribution in [0.3, 0.4) is 0 Å². The minimum Gasteiger partial charge on any atom is -0.495 e. The van der Waals surface area contributed by atoms with Crippen molar-refractivity contribution in [3.05, 3.63) is 40.5 Å². The van der Waals surface area contributed by atoms with Crippen LogP contribution in [0, 0.1) is 13.8 Å². The summed E-state index contributed by atoms with van der Waals surface area (Å²) in [5.74, 6) is 0.924. The van der Waals surface area contributed by atoms with E-state index in [4.69, 9.17) is 9.47 Å². The highest BCUT2D eigenvalue weighted by atomic mass is 32.1. The lowest BCUT2D eigenvalue weighted by Gasteiger charge is -2.10. The summed E-state index contributed by atoms with van der Waals surface area (Å²) >= 11 is 1.32. The Morgan fingerprint density at radius 3 is 2.80 bits per heavy atom. The average Bonchev–Trinajstić information content (AvgIpc) is 2.93. The first kappa shape index (κ1) is 17.2. The van der Waals surface area contributed by atoms with Gasteiger partial charge in [-0.15, -0.1) is 11.3 Å². The predicted molar refractivity (Wildman–Crippen MR) is 99.0 cm³/mol. The van der Waals surface area contributed by atoms with Gasteiger partial charge in [-0.1, -0.05) is 6.07 Å². The van der Waals surface area contributed by atoms with E-state index in [1.165, 1.54) is 17.7 Å². The lowest BCUT2D eigenvalue weighted by molar-refractivity contribution is 0.102. The van der Waals surface area contributed by atoms with Crippen molar-refractivity contribution in [2.24, 2.45) is 0 Å². The van der Waals surface area contributed by atoms with Crippen molar-refractivity contribution in [1.82, 2.24) is 9.97 Å². The molecule has 2 heterocycles. The van der Waals surface area contributed by atoms with Crippen molar-refractivity contribution in [1.29, 1.82) is 0 Å². The van der Waals surface area contributed by atoms with Crippen LogP contribution in [0.5, 0.6) is 11.6 Å². The smallest absolute Gasteiger partial charge is 0.266 e. The third-order valence-corrected chi connectivity index (χ3v) is 4.98. The van der Waals surface area contributed by atoms with Crippen LogP contribution < -0.4 is 14.8 Å². The number of carbonyl (C=O) groups excluding carboxylic acids is 1. The molecule has 0 fully saturated rings. The van der Waals surface area contributed by atoms with Gasteiger partial charge in [0.1, 0.15) is 16.9 Å². The quantitative estimate of drug-likeness (QED) is 0.748. The van der Waals surface area contributed by atoms with E-state index in [0.717, 1.165) is 21.3 Å². The molecule has 0 spiro atoms. The van der Waals surface area contributed by atoms with Crippen LogP contribution in [0.15, 0.2) is 24.5 Å². The van der Waals surface area contributed by atoms with Crippen LogP contribution in [0.2, 0.25) is 0 Å². The molecule has 6 nitrogen and oxygen atoms in total. The van der Waals surface area contributed by atoms with Crippen LogP contribution in [0.25, 0.3) is 10.2 Å². The van der Waals surface area contributed by atoms with Gasteiger partial charge in [-0.3, -0.25) is 4.79 Å². The molecule has 0 saturated carbocycles. The number of aromatic nitrogens is 2. The highest BCUT2D eigenvalue weighted by molar-refractivity contribution is 7.20. The number of rotatable bonds is 5. The molecular weight excluding hydrogens is 338 g/mol. The largest absolute Gasteiger partial charge is 0.495 e. The Morgan fingerprint density at radius 1 is 1.28 bits per heavy atom. The van der Waals surface area contributed by atoms with Crippen molar-refractivity contribution in [2.75, 3.05) is 19.0 Å². The summed E-state index contributed by atoms with van der Waals surface area (Å²) in [4.78, 5) is 22.6. The maximum Gasteiger partial charge on any atom is 0.266 e. The lowest BCUT2D eigenvalue weighted by Crippen LogP contribution is -2.12. The standard InChI is InChI=1S/C18H19N3O3S/c1-5-24-17-14-11(3)15(25-18(14)20-9-19-17)16(22)21-12-8-10(2)6-7-13(12)23-4/h6-9H,5H2,1-4H3,(H,21,22). The van der Waals surface area contributed by atoms with E-state index >= 15 is 0 Å². The zero-order valence-electron chi connectivity index (χ0n) is 14.5. The number of hydrogen-bond donors (Lipinski definition) is 1. The van der Waals surface area contributed by atoms with E-state index in [1.54, 1.807) is 7.11 Å². The second kappa shape index (κ2) is 7.06. The number of ether oxygens (including phenoxy) is 2. The van der Waals surface area contributed by atoms with Crippen LogP contribution in [0.1, 0.15) is 27.7 Å². The second-order valence-corrected chi connectivity index (χ2v) is 6.51. The molecule has 0 atom stereocenters. The minimum absolute atomic E-state index is 0.202. The summed E-state index contributed by atoms with van der Waals surface area (Å²) < 4.78 is 10.9. The zero-order valence-corrected chi connectivity index (χ0v) is 15.4. The number of methoxy groups -OCH3 is 1. The van der Waals surface area contributed by atoms with Gasteiger partial charge in [0.15, 0.2) is 0 Å². The van der Waals surface area contributed by atoms with Crippen LogP contribution >= 0.6 is 11.3 Å². The molecule has 0 bridgehead atoms. The number of hydrogen-bond acceptors (Lipinski definition) is 6. The van der Waals surface area contributed by atoms with E-state index in [0.29, 0.717) is 28.8 Å². The molecule has 0 unspecified atom stereocenters. The van der Waals surface area contributed by atoms with Crippen LogP contribution in [-0.4, -0.2) is 29.6 Å². The predicted octanol–water partition coefficient (Wildman–Crippen LogP) is 3.97. The van der Waals surface area contributed by atoms with Crippen molar-refractivity contribution in [3.63, 3.8) is 0 Å². The Labute approximate surface area is 149 Å². The van der Waals surface area contributed by atoms with Crippen LogP contribution in [-0.2, 0) is 0 Å². The van der Waals surface area contributed by atoms with Crippen molar-refractivity contribution >= 4 is 33.1 Å². The molecule has 7 heteroatoms. The van der Waals surface area contributed by atoms with Gasteiger partial charge in [0.05, 0.1) is 29.7 Å². The van der Waals surface area contributed by atoms with Crippen molar-refractivity contribution in [3.8, 4) is 11.6 Å². The summed E-state index contributed by atoms with van der Waals surface area (Å²) in [6.07, 6.45) is 1.45. The van der Waals surface area contributed by atoms with Gasteiger partial charge in [-0.2, -0.15) is 0 Å². The molecule has 0 aliphatic carbocycles. The van der Waals surface area contributed by atoms with Crippen molar-refractivity contribution in [2.45, 2.75) is 20.8 Å². The third-order valence-electron chi connectivity index (χ3n) is 3.78. The third kappa shape index (κ3) is 3.28.